The van der Waals surface area contributed by atoms with Gasteiger partial charge in [-0.25, -0.2) is 9.18 Å². The number of likely N-dealkylation sites (tertiary alicyclic amines) is 1. The van der Waals surface area contributed by atoms with Gasteiger partial charge in [-0.1, -0.05) is 54.1 Å². The zero-order chi connectivity index (χ0) is 27.1. The number of piperidine rings is 1. The Morgan fingerprint density at radius 2 is 1.82 bits per heavy atom. The Bertz CT molecular complexity index is 1420. The molecular weight excluding hydrogens is 536 g/mol. The van der Waals surface area contributed by atoms with Crippen molar-refractivity contribution in [3.8, 4) is 0 Å². The van der Waals surface area contributed by atoms with E-state index in [1.54, 1.807) is 17.0 Å². The molecule has 1 saturated heterocycles. The molecule has 3 aromatic rings. The average Bonchev–Trinajstić information content (AvgIpc) is 3.20. The number of benzene rings is 3. The molecule has 0 bridgehead atoms. The maximum absolute atomic E-state index is 14.5. The number of amides is 3. The molecule has 39 heavy (non-hydrogen) atoms. The van der Waals surface area contributed by atoms with Crippen LogP contribution in [0.5, 0.6) is 0 Å². The van der Waals surface area contributed by atoms with Crippen LogP contribution in [-0.4, -0.2) is 34.8 Å². The first-order valence-electron chi connectivity index (χ1n) is 13.5. The van der Waals surface area contributed by atoms with Gasteiger partial charge in [0.1, 0.15) is 11.2 Å². The summed E-state index contributed by atoms with van der Waals surface area (Å²) in [6, 6.07) is 20.5. The van der Waals surface area contributed by atoms with Crippen molar-refractivity contribution in [3.05, 3.63) is 100 Å². The van der Waals surface area contributed by atoms with Crippen molar-refractivity contribution in [1.82, 2.24) is 10.2 Å². The number of carbonyl (C=O) groups excluding carboxylic acids is 2. The molecule has 202 valence electrons. The largest absolute Gasteiger partial charge is 0.334 e. The van der Waals surface area contributed by atoms with Crippen LogP contribution >= 0.6 is 23.2 Å². The lowest BCUT2D eigenvalue weighted by Crippen LogP contribution is -2.58. The van der Waals surface area contributed by atoms with E-state index in [0.717, 1.165) is 36.1 Å². The highest BCUT2D eigenvalue weighted by molar-refractivity contribution is 6.30. The van der Waals surface area contributed by atoms with E-state index in [0.29, 0.717) is 30.0 Å². The Morgan fingerprint density at radius 3 is 2.62 bits per heavy atom. The van der Waals surface area contributed by atoms with E-state index in [-0.39, 0.29) is 29.3 Å². The molecule has 1 saturated carbocycles. The molecule has 5 atom stereocenters. The highest BCUT2D eigenvalue weighted by Gasteiger charge is 2.57. The molecule has 0 radical (unpaired) electrons. The number of hydrogen-bond donors (Lipinski definition) is 2. The number of halogens is 3. The first kappa shape index (κ1) is 26.1. The van der Waals surface area contributed by atoms with Crippen LogP contribution in [0.3, 0.4) is 0 Å². The first-order valence-corrected chi connectivity index (χ1v) is 14.3. The van der Waals surface area contributed by atoms with E-state index >= 15 is 0 Å². The van der Waals surface area contributed by atoms with Crippen LogP contribution in [-0.2, 0) is 10.2 Å². The molecule has 1 aliphatic carbocycles. The first-order chi connectivity index (χ1) is 18.9. The third kappa shape index (κ3) is 4.68. The Kier molecular flexibility index (Phi) is 7.02. The van der Waals surface area contributed by atoms with Crippen molar-refractivity contribution < 1.29 is 14.0 Å². The van der Waals surface area contributed by atoms with Gasteiger partial charge in [0.2, 0.25) is 5.91 Å². The molecule has 1 spiro atoms. The zero-order valence-electron chi connectivity index (χ0n) is 21.4. The summed E-state index contributed by atoms with van der Waals surface area (Å²) < 4.78 is 14.5. The molecule has 3 aromatic carbocycles. The quantitative estimate of drug-likeness (QED) is 0.331. The van der Waals surface area contributed by atoms with Crippen molar-refractivity contribution in [2.24, 2.45) is 0 Å². The van der Waals surface area contributed by atoms with E-state index in [1.165, 1.54) is 12.1 Å². The summed E-state index contributed by atoms with van der Waals surface area (Å²) in [5.74, 6) is -0.288. The Balaban J connectivity index is 1.29. The normalized spacial score (nSPS) is 28.2. The predicted molar refractivity (Wildman–Crippen MR) is 152 cm³/mol. The van der Waals surface area contributed by atoms with Crippen LogP contribution < -0.4 is 10.6 Å². The second-order valence-electron chi connectivity index (χ2n) is 10.9. The van der Waals surface area contributed by atoms with E-state index in [1.807, 2.05) is 42.5 Å². The lowest BCUT2D eigenvalue weighted by atomic mass is 9.67. The number of carbonyl (C=O) groups is 2. The van der Waals surface area contributed by atoms with Crippen molar-refractivity contribution >= 4 is 40.8 Å². The molecule has 2 heterocycles. The number of rotatable bonds is 3. The minimum Gasteiger partial charge on any atom is -0.334 e. The van der Waals surface area contributed by atoms with Crippen LogP contribution in [0.15, 0.2) is 72.8 Å². The molecule has 2 fully saturated rings. The molecule has 2 N–H and O–H groups in total. The summed E-state index contributed by atoms with van der Waals surface area (Å²) >= 11 is 13.1. The molecule has 3 aliphatic rings. The smallest absolute Gasteiger partial charge is 0.318 e. The van der Waals surface area contributed by atoms with Gasteiger partial charge in [0, 0.05) is 23.3 Å². The van der Waals surface area contributed by atoms with Crippen molar-refractivity contribution in [2.45, 2.75) is 60.9 Å². The second-order valence-corrected chi connectivity index (χ2v) is 11.9. The summed E-state index contributed by atoms with van der Waals surface area (Å²) in [6.45, 7) is 0.453. The highest BCUT2D eigenvalue weighted by Crippen LogP contribution is 2.53. The van der Waals surface area contributed by atoms with Gasteiger partial charge >= 0.3 is 6.03 Å². The summed E-state index contributed by atoms with van der Waals surface area (Å²) in [7, 11) is 0. The fraction of sp³-hybridized carbons (Fsp3) is 0.355. The molecule has 3 amide bonds. The third-order valence-electron chi connectivity index (χ3n) is 8.64. The van der Waals surface area contributed by atoms with E-state index in [9.17, 15) is 14.0 Å². The van der Waals surface area contributed by atoms with Gasteiger partial charge < -0.3 is 15.5 Å². The Hall–Kier alpha value is -3.09. The maximum Gasteiger partial charge on any atom is 0.318 e. The number of urea groups is 1. The van der Waals surface area contributed by atoms with Crippen LogP contribution in [0.4, 0.5) is 14.9 Å². The number of alkyl halides is 1. The van der Waals surface area contributed by atoms with Crippen LogP contribution in [0.2, 0.25) is 5.02 Å². The average molecular weight is 567 g/mol. The summed E-state index contributed by atoms with van der Waals surface area (Å²) in [5.41, 5.74) is 2.34. The lowest BCUT2D eigenvalue weighted by molar-refractivity contribution is -0.124. The van der Waals surface area contributed by atoms with Crippen molar-refractivity contribution in [2.75, 3.05) is 11.9 Å². The van der Waals surface area contributed by atoms with E-state index in [4.69, 9.17) is 23.2 Å². The van der Waals surface area contributed by atoms with Gasteiger partial charge in [-0.05, 0) is 85.0 Å². The van der Waals surface area contributed by atoms with Gasteiger partial charge in [-0.3, -0.25) is 4.79 Å². The Morgan fingerprint density at radius 1 is 1.03 bits per heavy atom. The fourth-order valence-corrected chi connectivity index (χ4v) is 7.46. The third-order valence-corrected chi connectivity index (χ3v) is 9.35. The van der Waals surface area contributed by atoms with E-state index < -0.39 is 17.3 Å². The molecular formula is C31H30Cl2FN3O2. The van der Waals surface area contributed by atoms with Crippen molar-refractivity contribution in [1.29, 1.82) is 0 Å². The monoisotopic (exact) mass is 565 g/mol. The number of anilines is 1. The molecule has 2 aliphatic heterocycles. The van der Waals surface area contributed by atoms with Crippen LogP contribution in [0.25, 0.3) is 0 Å². The van der Waals surface area contributed by atoms with Gasteiger partial charge in [-0.15, -0.1) is 11.6 Å². The molecule has 6 rings (SSSR count). The van der Waals surface area contributed by atoms with Crippen LogP contribution in [0.1, 0.15) is 60.8 Å². The number of para-hydroxylation sites is 1. The highest BCUT2D eigenvalue weighted by atomic mass is 35.5. The van der Waals surface area contributed by atoms with Gasteiger partial charge in [-0.2, -0.15) is 0 Å². The molecule has 5 unspecified atom stereocenters. The Labute approximate surface area is 237 Å². The standard InChI is InChI=1S/C31H30Cl2FN3O2/c32-22-8-3-6-19(16-22)20-12-13-27(25(33)18-20)36-30(39)37-15-5-14-31(28(37)21-7-4-9-23(34)17-21)24-10-1-2-11-26(24)35-29(31)38/h1-4,6-11,16-17,20,25,27-28H,5,12-15,18H2,(H,35,38)(H,36,39). The topological polar surface area (TPSA) is 61.4 Å². The maximum atomic E-state index is 14.5. The number of fused-ring (bicyclic) bond motifs is 2. The minimum atomic E-state index is -1.01. The summed E-state index contributed by atoms with van der Waals surface area (Å²) in [6.07, 6.45) is 3.53. The SMILES string of the molecule is O=C(NC1CCC(c2cccc(Cl)c2)CC1Cl)N1CCCC2(C(=O)Nc3ccccc32)C1c1cccc(F)c1. The van der Waals surface area contributed by atoms with Gasteiger partial charge in [0.25, 0.3) is 0 Å². The summed E-state index contributed by atoms with van der Waals surface area (Å²) in [5, 5.41) is 6.65. The minimum absolute atomic E-state index is 0.160. The second kappa shape index (κ2) is 10.5. The lowest BCUT2D eigenvalue weighted by Gasteiger charge is -2.47. The number of hydrogen-bond acceptors (Lipinski definition) is 2. The van der Waals surface area contributed by atoms with Gasteiger partial charge in [0.05, 0.1) is 11.4 Å². The van der Waals surface area contributed by atoms with Gasteiger partial charge in [0.15, 0.2) is 0 Å². The van der Waals surface area contributed by atoms with Crippen molar-refractivity contribution in [3.63, 3.8) is 0 Å². The van der Waals surface area contributed by atoms with Crippen LogP contribution in [0, 0.1) is 5.82 Å². The van der Waals surface area contributed by atoms with E-state index in [2.05, 4.69) is 16.7 Å². The fourth-order valence-electron chi connectivity index (χ4n) is 6.86. The number of nitrogens with zero attached hydrogens (tertiary/aromatic N) is 1. The number of nitrogens with one attached hydrogen (secondary N) is 2. The molecule has 5 nitrogen and oxygen atoms in total. The predicted octanol–water partition coefficient (Wildman–Crippen LogP) is 7.16. The zero-order valence-corrected chi connectivity index (χ0v) is 22.9. The molecule has 0 aromatic heterocycles. The molecule has 8 heteroatoms. The summed E-state index contributed by atoms with van der Waals surface area (Å²) in [4.78, 5) is 29.4.